The van der Waals surface area contributed by atoms with Crippen LogP contribution in [0.4, 0.5) is 17.1 Å². The largest absolute Gasteiger partial charge is 0.465 e. The number of hydrogen-bond acceptors (Lipinski definition) is 6. The highest BCUT2D eigenvalue weighted by Crippen LogP contribution is 2.24. The second-order valence-corrected chi connectivity index (χ2v) is 7.06. The van der Waals surface area contributed by atoms with Gasteiger partial charge in [0.25, 0.3) is 0 Å². The minimum Gasteiger partial charge on any atom is -0.465 e. The molecule has 2 aromatic carbocycles. The van der Waals surface area contributed by atoms with Crippen molar-refractivity contribution in [3.63, 3.8) is 0 Å². The number of anilines is 3. The van der Waals surface area contributed by atoms with Gasteiger partial charge in [-0.2, -0.15) is 5.10 Å². The van der Waals surface area contributed by atoms with Gasteiger partial charge in [0.1, 0.15) is 11.4 Å². The van der Waals surface area contributed by atoms with E-state index in [1.165, 1.54) is 24.9 Å². The van der Waals surface area contributed by atoms with E-state index in [-0.39, 0.29) is 11.3 Å². The summed E-state index contributed by atoms with van der Waals surface area (Å²) in [6, 6.07) is 15.6. The molecule has 0 fully saturated rings. The van der Waals surface area contributed by atoms with Gasteiger partial charge in [-0.25, -0.2) is 9.78 Å². The predicted molar refractivity (Wildman–Crippen MR) is 121 cm³/mol. The van der Waals surface area contributed by atoms with Gasteiger partial charge < -0.3 is 15.8 Å². The number of carbonyl (C=O) groups is 1. The monoisotopic (exact) mass is 411 g/mol. The van der Waals surface area contributed by atoms with E-state index in [1.807, 2.05) is 37.4 Å². The first-order valence-electron chi connectivity index (χ1n) is 9.61. The van der Waals surface area contributed by atoms with Gasteiger partial charge in [-0.05, 0) is 55.2 Å². The molecule has 154 valence electrons. The summed E-state index contributed by atoms with van der Waals surface area (Å²) in [6.45, 7) is 2.06. The van der Waals surface area contributed by atoms with E-state index in [0.29, 0.717) is 5.69 Å². The second-order valence-electron chi connectivity index (χ2n) is 7.06. The van der Waals surface area contributed by atoms with Crippen molar-refractivity contribution < 1.29 is 9.53 Å². The zero-order valence-corrected chi connectivity index (χ0v) is 17.4. The van der Waals surface area contributed by atoms with Gasteiger partial charge in [-0.1, -0.05) is 17.7 Å². The van der Waals surface area contributed by atoms with E-state index in [4.69, 9.17) is 10.5 Å². The normalized spacial score (nSPS) is 10.4. The summed E-state index contributed by atoms with van der Waals surface area (Å²) in [7, 11) is 3.13. The molecule has 0 bridgehead atoms. The maximum absolute atomic E-state index is 11.8. The average molecular weight is 411 g/mol. The zero-order chi connectivity index (χ0) is 22.0. The molecule has 0 spiro atoms. The minimum absolute atomic E-state index is 0.193. The molecule has 0 aliphatic rings. The van der Waals surface area contributed by atoms with Crippen LogP contribution in [0.1, 0.15) is 27.3 Å². The number of pyridine rings is 1. The average Bonchev–Trinajstić information content (AvgIpc) is 3.08. The fourth-order valence-electron chi connectivity index (χ4n) is 3.21. The van der Waals surface area contributed by atoms with E-state index in [9.17, 15) is 4.79 Å². The number of nitrogens with one attached hydrogen (secondary N) is 1. The number of nitrogens with two attached hydrogens (primary N) is 1. The summed E-state index contributed by atoms with van der Waals surface area (Å²) in [5.74, 6) is 5.52. The van der Waals surface area contributed by atoms with Crippen LogP contribution in [-0.4, -0.2) is 27.8 Å². The molecule has 3 N–H and O–H groups in total. The van der Waals surface area contributed by atoms with Crippen LogP contribution < -0.4 is 11.1 Å². The van der Waals surface area contributed by atoms with Crippen molar-refractivity contribution in [3.05, 3.63) is 77.2 Å². The molecule has 7 heteroatoms. The molecule has 7 nitrogen and oxygen atoms in total. The van der Waals surface area contributed by atoms with E-state index in [1.54, 1.807) is 4.68 Å². The number of aromatic nitrogens is 3. The second kappa shape index (κ2) is 8.20. The van der Waals surface area contributed by atoms with Crippen molar-refractivity contribution in [2.75, 3.05) is 18.2 Å². The van der Waals surface area contributed by atoms with Gasteiger partial charge >= 0.3 is 5.97 Å². The summed E-state index contributed by atoms with van der Waals surface area (Å²) in [4.78, 5) is 16.0. The van der Waals surface area contributed by atoms with Crippen LogP contribution in [0.25, 0.3) is 10.9 Å². The number of aryl methyl sites for hydroxylation is 2. The molecular formula is C24H21N5O2. The van der Waals surface area contributed by atoms with Crippen molar-refractivity contribution in [3.8, 4) is 11.8 Å². The van der Waals surface area contributed by atoms with Gasteiger partial charge in [0.2, 0.25) is 0 Å². The molecule has 0 amide bonds. The summed E-state index contributed by atoms with van der Waals surface area (Å²) >= 11 is 0. The first-order chi connectivity index (χ1) is 15.0. The van der Waals surface area contributed by atoms with E-state index < -0.39 is 5.97 Å². The van der Waals surface area contributed by atoms with Crippen molar-refractivity contribution in [1.82, 2.24) is 14.8 Å². The molecule has 4 rings (SSSR count). The van der Waals surface area contributed by atoms with E-state index >= 15 is 0 Å². The lowest BCUT2D eigenvalue weighted by atomic mass is 10.1. The highest BCUT2D eigenvalue weighted by molar-refractivity contribution is 5.96. The van der Waals surface area contributed by atoms with Crippen LogP contribution in [0.2, 0.25) is 0 Å². The number of esters is 1. The molecule has 0 atom stereocenters. The first-order valence-corrected chi connectivity index (χ1v) is 9.61. The fraction of sp³-hybridized carbons (Fsp3) is 0.125. The fourth-order valence-corrected chi connectivity index (χ4v) is 3.21. The Morgan fingerprint density at radius 2 is 1.84 bits per heavy atom. The summed E-state index contributed by atoms with van der Waals surface area (Å²) in [5.41, 5.74) is 11.5. The number of nitrogen functional groups attached to an aromatic ring is 1. The summed E-state index contributed by atoms with van der Waals surface area (Å²) < 4.78 is 6.46. The number of carbonyl (C=O) groups excluding carboxylic acids is 1. The SMILES string of the molecule is COC(=O)c1ccnc(C#Cc2c3ccc(Nc4ccc(C)cc4)cc3nn2C)c1N. The van der Waals surface area contributed by atoms with Crippen LogP contribution in [-0.2, 0) is 11.8 Å². The maximum atomic E-state index is 11.8. The van der Waals surface area contributed by atoms with Crippen LogP contribution in [0.3, 0.4) is 0 Å². The molecular weight excluding hydrogens is 390 g/mol. The van der Waals surface area contributed by atoms with Gasteiger partial charge in [0.05, 0.1) is 23.9 Å². The standard InChI is InChI=1S/C24H21N5O2/c1-15-4-6-16(7-5-15)27-17-8-9-18-21(14-17)28-29(2)22(18)11-10-20-23(25)19(12-13-26-20)24(30)31-3/h4-9,12-14,27H,25H2,1-3H3. The third-order valence-corrected chi connectivity index (χ3v) is 4.87. The topological polar surface area (TPSA) is 95.1 Å². The van der Waals surface area contributed by atoms with Crippen molar-refractivity contribution >= 4 is 33.9 Å². The minimum atomic E-state index is -0.525. The lowest BCUT2D eigenvalue weighted by Gasteiger charge is -2.06. The number of benzene rings is 2. The van der Waals surface area contributed by atoms with Gasteiger partial charge in [0.15, 0.2) is 0 Å². The molecule has 0 unspecified atom stereocenters. The molecule has 0 aliphatic carbocycles. The number of rotatable bonds is 3. The van der Waals surface area contributed by atoms with Gasteiger partial charge in [-0.3, -0.25) is 4.68 Å². The number of hydrogen-bond donors (Lipinski definition) is 2. The van der Waals surface area contributed by atoms with Crippen molar-refractivity contribution in [1.29, 1.82) is 0 Å². The maximum Gasteiger partial charge on any atom is 0.340 e. The number of methoxy groups -OCH3 is 1. The summed E-state index contributed by atoms with van der Waals surface area (Å²) in [6.07, 6.45) is 1.48. The van der Waals surface area contributed by atoms with E-state index in [0.717, 1.165) is 28.0 Å². The number of fused-ring (bicyclic) bond motifs is 1. The Kier molecular flexibility index (Phi) is 5.29. The van der Waals surface area contributed by atoms with Crippen LogP contribution in [0, 0.1) is 18.8 Å². The van der Waals surface area contributed by atoms with Crippen LogP contribution in [0.15, 0.2) is 54.7 Å². The Labute approximate surface area is 179 Å². The summed E-state index contributed by atoms with van der Waals surface area (Å²) in [5, 5.41) is 8.87. The lowest BCUT2D eigenvalue weighted by molar-refractivity contribution is 0.0602. The van der Waals surface area contributed by atoms with Gasteiger partial charge in [0, 0.05) is 30.0 Å². The third kappa shape index (κ3) is 4.05. The highest BCUT2D eigenvalue weighted by atomic mass is 16.5. The van der Waals surface area contributed by atoms with Crippen molar-refractivity contribution in [2.45, 2.75) is 6.92 Å². The Hall–Kier alpha value is -4.31. The smallest absolute Gasteiger partial charge is 0.340 e. The van der Waals surface area contributed by atoms with Crippen molar-refractivity contribution in [2.24, 2.45) is 7.05 Å². The predicted octanol–water partition coefficient (Wildman–Crippen LogP) is 3.79. The molecule has 0 saturated carbocycles. The molecule has 4 aromatic rings. The molecule has 0 radical (unpaired) electrons. The highest BCUT2D eigenvalue weighted by Gasteiger charge is 2.13. The lowest BCUT2D eigenvalue weighted by Crippen LogP contribution is -2.08. The number of ether oxygens (including phenoxy) is 1. The Morgan fingerprint density at radius 3 is 2.58 bits per heavy atom. The number of nitrogens with zero attached hydrogens (tertiary/aromatic N) is 3. The Morgan fingerprint density at radius 1 is 1.10 bits per heavy atom. The van der Waals surface area contributed by atoms with Gasteiger partial charge in [-0.15, -0.1) is 0 Å². The molecule has 2 aromatic heterocycles. The third-order valence-electron chi connectivity index (χ3n) is 4.87. The molecule has 0 saturated heterocycles. The molecule has 2 heterocycles. The Bertz CT molecular complexity index is 1340. The van der Waals surface area contributed by atoms with E-state index in [2.05, 4.69) is 46.3 Å². The Balaban J connectivity index is 1.67. The zero-order valence-electron chi connectivity index (χ0n) is 17.4. The first kappa shape index (κ1) is 20.0. The quantitative estimate of drug-likeness (QED) is 0.393. The molecule has 0 aliphatic heterocycles. The van der Waals surface area contributed by atoms with Crippen LogP contribution >= 0.6 is 0 Å². The van der Waals surface area contributed by atoms with Crippen LogP contribution in [0.5, 0.6) is 0 Å². The molecule has 31 heavy (non-hydrogen) atoms.